The minimum atomic E-state index is -0.360. The van der Waals surface area contributed by atoms with E-state index in [-0.39, 0.29) is 5.91 Å². The Balaban J connectivity index is 1.60. The van der Waals surface area contributed by atoms with Gasteiger partial charge >= 0.3 is 0 Å². The third-order valence-corrected chi connectivity index (χ3v) is 4.52. The zero-order chi connectivity index (χ0) is 18.4. The first-order valence-corrected chi connectivity index (χ1v) is 8.85. The quantitative estimate of drug-likeness (QED) is 0.485. The zero-order valence-electron chi connectivity index (χ0n) is 13.8. The van der Waals surface area contributed by atoms with Crippen LogP contribution < -0.4 is 10.2 Å². The third-order valence-electron chi connectivity index (χ3n) is 3.34. The van der Waals surface area contributed by atoms with E-state index in [1.165, 1.54) is 25.1 Å². The van der Waals surface area contributed by atoms with Crippen molar-refractivity contribution in [3.05, 3.63) is 77.0 Å². The van der Waals surface area contributed by atoms with Gasteiger partial charge in [0.15, 0.2) is 5.09 Å². The molecule has 1 heterocycles. The second-order valence-corrected chi connectivity index (χ2v) is 6.63. The Morgan fingerprint density at radius 1 is 1.15 bits per heavy atom. The fourth-order valence-corrected chi connectivity index (χ4v) is 3.03. The molecule has 0 unspecified atom stereocenters. The molecule has 0 aliphatic heterocycles. The number of carbonyl (C=O) groups is 1. The maximum Gasteiger partial charge on any atom is 0.275 e. The highest BCUT2D eigenvalue weighted by molar-refractivity contribution is 7.99. The summed E-state index contributed by atoms with van der Waals surface area (Å²) in [5.74, 6) is 0.655. The fourth-order valence-electron chi connectivity index (χ4n) is 2.12. The summed E-state index contributed by atoms with van der Waals surface area (Å²) in [6, 6.07) is 18.0. The van der Waals surface area contributed by atoms with Gasteiger partial charge in [-0.1, -0.05) is 35.5 Å². The molecule has 3 rings (SSSR count). The summed E-state index contributed by atoms with van der Waals surface area (Å²) in [6.45, 7) is 0. The molecule has 0 aliphatic rings. The molecule has 0 bridgehead atoms. The molecule has 2 aromatic carbocycles. The van der Waals surface area contributed by atoms with E-state index in [9.17, 15) is 4.79 Å². The van der Waals surface area contributed by atoms with E-state index in [0.29, 0.717) is 27.2 Å². The van der Waals surface area contributed by atoms with Gasteiger partial charge in [-0.05, 0) is 48.5 Å². The first-order chi connectivity index (χ1) is 12.7. The van der Waals surface area contributed by atoms with Crippen molar-refractivity contribution < 1.29 is 13.9 Å². The average Bonchev–Trinajstić information content (AvgIpc) is 3.10. The number of ether oxygens (including phenoxy) is 1. The Morgan fingerprint density at radius 2 is 1.92 bits per heavy atom. The van der Waals surface area contributed by atoms with Gasteiger partial charge in [-0.15, -0.1) is 0 Å². The molecule has 7 heteroatoms. The lowest BCUT2D eigenvalue weighted by Gasteiger charge is -2.05. The molecular weight excluding hydrogens is 372 g/mol. The van der Waals surface area contributed by atoms with Gasteiger partial charge in [0.1, 0.15) is 11.5 Å². The summed E-state index contributed by atoms with van der Waals surface area (Å²) in [4.78, 5) is 13.1. The average molecular weight is 387 g/mol. The van der Waals surface area contributed by atoms with E-state index in [1.807, 2.05) is 30.3 Å². The Hall–Kier alpha value is -2.70. The number of furan rings is 1. The highest BCUT2D eigenvalue weighted by atomic mass is 35.5. The molecule has 132 valence electrons. The fraction of sp³-hybridized carbons (Fsp3) is 0.0526. The summed E-state index contributed by atoms with van der Waals surface area (Å²) in [7, 11) is 1.51. The predicted octanol–water partition coefficient (Wildman–Crippen LogP) is 4.86. The van der Waals surface area contributed by atoms with Crippen LogP contribution in [0.2, 0.25) is 5.02 Å². The van der Waals surface area contributed by atoms with Gasteiger partial charge in [0.25, 0.3) is 5.91 Å². The number of nitrogens with zero attached hydrogens (tertiary/aromatic N) is 1. The molecule has 3 aromatic rings. The standard InChI is InChI=1S/C19H15ClN2O3S/c1-24-17-5-3-2-4-16(17)19(23)22-21-12-14-8-11-18(25-14)26-15-9-6-13(20)7-10-15/h2-12H,1H3,(H,22,23)/b21-12-. The van der Waals surface area contributed by atoms with Crippen LogP contribution in [0.5, 0.6) is 5.75 Å². The highest BCUT2D eigenvalue weighted by Crippen LogP contribution is 2.29. The Bertz CT molecular complexity index is 923. The van der Waals surface area contributed by atoms with E-state index < -0.39 is 0 Å². The summed E-state index contributed by atoms with van der Waals surface area (Å²) < 4.78 is 10.8. The lowest BCUT2D eigenvalue weighted by atomic mass is 10.2. The van der Waals surface area contributed by atoms with Crippen LogP contribution in [0.3, 0.4) is 0 Å². The maximum absolute atomic E-state index is 12.1. The SMILES string of the molecule is COc1ccccc1C(=O)N/N=C\c1ccc(Sc2ccc(Cl)cc2)o1. The van der Waals surface area contributed by atoms with Crippen LogP contribution in [0.1, 0.15) is 16.1 Å². The number of methoxy groups -OCH3 is 1. The third kappa shape index (κ3) is 4.68. The van der Waals surface area contributed by atoms with E-state index in [1.54, 1.807) is 30.3 Å². The smallest absolute Gasteiger partial charge is 0.275 e. The topological polar surface area (TPSA) is 63.8 Å². The number of rotatable bonds is 6. The number of hydrogen-bond donors (Lipinski definition) is 1. The van der Waals surface area contributed by atoms with Crippen LogP contribution in [0.4, 0.5) is 0 Å². The molecule has 0 atom stereocenters. The van der Waals surface area contributed by atoms with Crippen molar-refractivity contribution in [3.63, 3.8) is 0 Å². The molecule has 0 saturated carbocycles. The first kappa shape index (κ1) is 18.1. The molecule has 0 radical (unpaired) electrons. The number of hydrogen-bond acceptors (Lipinski definition) is 5. The van der Waals surface area contributed by atoms with Crippen LogP contribution in [0.15, 0.2) is 80.2 Å². The van der Waals surface area contributed by atoms with E-state index in [2.05, 4.69) is 10.5 Å². The Kier molecular flexibility index (Phi) is 5.99. The Labute approximate surface area is 160 Å². The summed E-state index contributed by atoms with van der Waals surface area (Å²) in [5.41, 5.74) is 2.86. The van der Waals surface area contributed by atoms with Gasteiger partial charge in [-0.2, -0.15) is 5.10 Å². The second kappa shape index (κ2) is 8.60. The molecule has 1 aromatic heterocycles. The van der Waals surface area contributed by atoms with Crippen molar-refractivity contribution in [2.75, 3.05) is 7.11 Å². The molecule has 0 saturated heterocycles. The number of nitrogens with one attached hydrogen (secondary N) is 1. The maximum atomic E-state index is 12.1. The zero-order valence-corrected chi connectivity index (χ0v) is 15.4. The lowest BCUT2D eigenvalue weighted by Crippen LogP contribution is -2.18. The van der Waals surface area contributed by atoms with Gasteiger partial charge < -0.3 is 9.15 Å². The number of carbonyl (C=O) groups excluding carboxylic acids is 1. The van der Waals surface area contributed by atoms with Crippen LogP contribution in [0.25, 0.3) is 0 Å². The van der Waals surface area contributed by atoms with Gasteiger partial charge in [0.2, 0.25) is 0 Å². The molecular formula is C19H15ClN2O3S. The van der Waals surface area contributed by atoms with E-state index in [4.69, 9.17) is 20.8 Å². The number of para-hydroxylation sites is 1. The number of amides is 1. The normalized spacial score (nSPS) is 10.8. The van der Waals surface area contributed by atoms with Gasteiger partial charge in [-0.25, -0.2) is 5.43 Å². The number of hydrazone groups is 1. The number of halogens is 1. The second-order valence-electron chi connectivity index (χ2n) is 5.11. The molecule has 1 N–H and O–H groups in total. The van der Waals surface area contributed by atoms with Crippen molar-refractivity contribution in [3.8, 4) is 5.75 Å². The summed E-state index contributed by atoms with van der Waals surface area (Å²) in [6.07, 6.45) is 1.44. The largest absolute Gasteiger partial charge is 0.496 e. The van der Waals surface area contributed by atoms with Gasteiger partial charge in [0, 0.05) is 9.92 Å². The molecule has 26 heavy (non-hydrogen) atoms. The lowest BCUT2D eigenvalue weighted by molar-refractivity contribution is 0.0952. The van der Waals surface area contributed by atoms with E-state index >= 15 is 0 Å². The van der Waals surface area contributed by atoms with Gasteiger partial charge in [0.05, 0.1) is 18.9 Å². The highest BCUT2D eigenvalue weighted by Gasteiger charge is 2.10. The number of benzene rings is 2. The molecule has 1 amide bonds. The van der Waals surface area contributed by atoms with E-state index in [0.717, 1.165) is 4.90 Å². The predicted molar refractivity (Wildman–Crippen MR) is 102 cm³/mol. The van der Waals surface area contributed by atoms with Crippen LogP contribution in [-0.2, 0) is 0 Å². The van der Waals surface area contributed by atoms with Gasteiger partial charge in [-0.3, -0.25) is 4.79 Å². The monoisotopic (exact) mass is 386 g/mol. The molecule has 0 spiro atoms. The Morgan fingerprint density at radius 3 is 2.69 bits per heavy atom. The van der Waals surface area contributed by atoms with Crippen molar-refractivity contribution in [2.24, 2.45) is 5.10 Å². The van der Waals surface area contributed by atoms with Crippen molar-refractivity contribution in [1.29, 1.82) is 0 Å². The first-order valence-electron chi connectivity index (χ1n) is 7.65. The van der Waals surface area contributed by atoms with Crippen LogP contribution >= 0.6 is 23.4 Å². The summed E-state index contributed by atoms with van der Waals surface area (Å²) in [5, 5.41) is 5.32. The molecule has 0 fully saturated rings. The minimum absolute atomic E-state index is 0.360. The van der Waals surface area contributed by atoms with Crippen LogP contribution in [-0.4, -0.2) is 19.2 Å². The minimum Gasteiger partial charge on any atom is -0.496 e. The van der Waals surface area contributed by atoms with Crippen molar-refractivity contribution in [1.82, 2.24) is 5.43 Å². The van der Waals surface area contributed by atoms with Crippen molar-refractivity contribution >= 4 is 35.5 Å². The molecule has 5 nitrogen and oxygen atoms in total. The van der Waals surface area contributed by atoms with Crippen LogP contribution in [0, 0.1) is 0 Å². The van der Waals surface area contributed by atoms with Crippen molar-refractivity contribution in [2.45, 2.75) is 9.99 Å². The summed E-state index contributed by atoms with van der Waals surface area (Å²) >= 11 is 7.34. The molecule has 0 aliphatic carbocycles.